The molecule has 1 aromatic carbocycles. The Morgan fingerprint density at radius 1 is 1.25 bits per heavy atom. The van der Waals surface area contributed by atoms with Gasteiger partial charge in [-0.25, -0.2) is 9.18 Å². The van der Waals surface area contributed by atoms with Crippen molar-refractivity contribution in [2.45, 2.75) is 40.2 Å². The minimum Gasteiger partial charge on any atom is -0.450 e. The second-order valence-electron chi connectivity index (χ2n) is 6.87. The molecular weight excluding hydrogens is 365 g/mol. The maximum absolute atomic E-state index is 13.2. The van der Waals surface area contributed by atoms with E-state index >= 15 is 0 Å². The number of hydrogen-bond acceptors (Lipinski definition) is 5. The first kappa shape index (κ1) is 21.4. The number of nitrogens with zero attached hydrogens (tertiary/aromatic N) is 1. The number of ether oxygens (including phenoxy) is 1. The fourth-order valence-electron chi connectivity index (χ4n) is 2.85. The van der Waals surface area contributed by atoms with Crippen LogP contribution in [0.15, 0.2) is 28.8 Å². The number of rotatable bonds is 8. The van der Waals surface area contributed by atoms with Gasteiger partial charge >= 0.3 is 6.09 Å². The van der Waals surface area contributed by atoms with E-state index in [1.807, 2.05) is 13.8 Å². The summed E-state index contributed by atoms with van der Waals surface area (Å²) in [6.07, 6.45) is 0.155. The molecule has 0 aliphatic carbocycles. The van der Waals surface area contributed by atoms with Crippen LogP contribution in [0.5, 0.6) is 0 Å². The summed E-state index contributed by atoms with van der Waals surface area (Å²) in [5, 5.41) is 9.51. The topological polar surface area (TPSA) is 93.5 Å². The van der Waals surface area contributed by atoms with Crippen LogP contribution in [0.25, 0.3) is 11.3 Å². The van der Waals surface area contributed by atoms with Gasteiger partial charge in [0.05, 0.1) is 6.61 Å². The molecule has 0 saturated heterocycles. The lowest BCUT2D eigenvalue weighted by Crippen LogP contribution is -2.44. The molecule has 1 atom stereocenters. The lowest BCUT2D eigenvalue weighted by Gasteiger charge is -2.20. The molecule has 0 aliphatic rings. The molecule has 0 fully saturated rings. The molecule has 0 radical (unpaired) electrons. The standard InChI is InChI=1S/C20H26FN3O4/c1-5-27-20(26)23-16(10-12(2)3)11-22-19(25)17-13(4)28-24-18(17)14-6-8-15(21)9-7-14/h6-9,12,16H,5,10-11H2,1-4H3,(H,22,25)(H,23,26). The Labute approximate surface area is 163 Å². The number of alkyl carbamates (subject to hydrolysis) is 1. The molecule has 1 heterocycles. The fraction of sp³-hybridized carbons (Fsp3) is 0.450. The van der Waals surface area contributed by atoms with E-state index in [4.69, 9.17) is 9.26 Å². The summed E-state index contributed by atoms with van der Waals surface area (Å²) in [4.78, 5) is 24.5. The third-order valence-electron chi connectivity index (χ3n) is 4.07. The van der Waals surface area contributed by atoms with Crippen LogP contribution in [-0.2, 0) is 4.74 Å². The Morgan fingerprint density at radius 3 is 2.54 bits per heavy atom. The third-order valence-corrected chi connectivity index (χ3v) is 4.07. The second kappa shape index (κ2) is 9.87. The van der Waals surface area contributed by atoms with Gasteiger partial charge in [-0.3, -0.25) is 4.79 Å². The molecule has 8 heteroatoms. The maximum Gasteiger partial charge on any atom is 0.407 e. The summed E-state index contributed by atoms with van der Waals surface area (Å²) in [6, 6.07) is 5.38. The van der Waals surface area contributed by atoms with E-state index in [2.05, 4.69) is 15.8 Å². The molecule has 0 aliphatic heterocycles. The molecule has 1 aromatic heterocycles. The molecule has 0 saturated carbocycles. The highest BCUT2D eigenvalue weighted by Gasteiger charge is 2.23. The lowest BCUT2D eigenvalue weighted by molar-refractivity contribution is 0.0943. The van der Waals surface area contributed by atoms with Gasteiger partial charge in [-0.2, -0.15) is 0 Å². The monoisotopic (exact) mass is 391 g/mol. The summed E-state index contributed by atoms with van der Waals surface area (Å²) < 4.78 is 23.3. The Bertz CT molecular complexity index is 802. The number of carbonyl (C=O) groups is 2. The van der Waals surface area contributed by atoms with Gasteiger partial charge in [0.1, 0.15) is 22.8 Å². The van der Waals surface area contributed by atoms with E-state index in [-0.39, 0.29) is 36.5 Å². The molecular formula is C20H26FN3O4. The van der Waals surface area contributed by atoms with Gasteiger partial charge in [0.15, 0.2) is 0 Å². The van der Waals surface area contributed by atoms with Crippen LogP contribution in [-0.4, -0.2) is 36.4 Å². The normalized spacial score (nSPS) is 11.9. The molecule has 2 N–H and O–H groups in total. The van der Waals surface area contributed by atoms with Gasteiger partial charge in [-0.15, -0.1) is 0 Å². The molecule has 0 spiro atoms. The van der Waals surface area contributed by atoms with Crippen molar-refractivity contribution < 1.29 is 23.2 Å². The van der Waals surface area contributed by atoms with E-state index in [9.17, 15) is 14.0 Å². The van der Waals surface area contributed by atoms with Gasteiger partial charge < -0.3 is 19.9 Å². The largest absolute Gasteiger partial charge is 0.450 e. The number of hydrogen-bond donors (Lipinski definition) is 2. The van der Waals surface area contributed by atoms with Crippen molar-refractivity contribution in [1.29, 1.82) is 0 Å². The van der Waals surface area contributed by atoms with Crippen LogP contribution >= 0.6 is 0 Å². The quantitative estimate of drug-likeness (QED) is 0.716. The van der Waals surface area contributed by atoms with Crippen molar-refractivity contribution in [3.8, 4) is 11.3 Å². The zero-order valence-corrected chi connectivity index (χ0v) is 16.5. The van der Waals surface area contributed by atoms with Gasteiger partial charge in [0, 0.05) is 18.2 Å². The van der Waals surface area contributed by atoms with E-state index in [0.717, 1.165) is 0 Å². The Morgan fingerprint density at radius 2 is 1.93 bits per heavy atom. The van der Waals surface area contributed by atoms with Gasteiger partial charge in [-0.1, -0.05) is 19.0 Å². The zero-order chi connectivity index (χ0) is 20.7. The molecule has 2 amide bonds. The SMILES string of the molecule is CCOC(=O)NC(CNC(=O)c1c(-c2ccc(F)cc2)noc1C)CC(C)C. The van der Waals surface area contributed by atoms with Crippen LogP contribution in [0.1, 0.15) is 43.3 Å². The van der Waals surface area contributed by atoms with Gasteiger partial charge in [-0.05, 0) is 50.5 Å². The number of nitrogens with one attached hydrogen (secondary N) is 2. The number of halogens is 1. The first-order valence-corrected chi connectivity index (χ1v) is 9.25. The first-order valence-electron chi connectivity index (χ1n) is 9.25. The van der Waals surface area contributed by atoms with Crippen LogP contribution in [0.2, 0.25) is 0 Å². The number of aryl methyl sites for hydroxylation is 1. The molecule has 7 nitrogen and oxygen atoms in total. The maximum atomic E-state index is 13.2. The number of benzene rings is 1. The summed E-state index contributed by atoms with van der Waals surface area (Å²) in [7, 11) is 0. The Hall–Kier alpha value is -2.90. The number of amides is 2. The first-order chi connectivity index (χ1) is 13.3. The number of carbonyl (C=O) groups excluding carboxylic acids is 2. The summed E-state index contributed by atoms with van der Waals surface area (Å²) in [6.45, 7) is 7.91. The Kier molecular flexibility index (Phi) is 7.54. The van der Waals surface area contributed by atoms with Crippen molar-refractivity contribution in [3.05, 3.63) is 41.4 Å². The van der Waals surface area contributed by atoms with Crippen molar-refractivity contribution in [3.63, 3.8) is 0 Å². The molecule has 152 valence electrons. The molecule has 1 unspecified atom stereocenters. The summed E-state index contributed by atoms with van der Waals surface area (Å²) >= 11 is 0. The number of aromatic nitrogens is 1. The van der Waals surface area contributed by atoms with E-state index in [1.165, 1.54) is 24.3 Å². The van der Waals surface area contributed by atoms with Crippen LogP contribution < -0.4 is 10.6 Å². The molecule has 2 rings (SSSR count). The van der Waals surface area contributed by atoms with Crippen LogP contribution in [0.4, 0.5) is 9.18 Å². The van der Waals surface area contributed by atoms with Gasteiger partial charge in [0.2, 0.25) is 0 Å². The minimum absolute atomic E-state index is 0.226. The minimum atomic E-state index is -0.518. The van der Waals surface area contributed by atoms with Crippen LogP contribution in [0.3, 0.4) is 0 Å². The molecule has 2 aromatic rings. The van der Waals surface area contributed by atoms with E-state index in [1.54, 1.807) is 13.8 Å². The van der Waals surface area contributed by atoms with Crippen molar-refractivity contribution in [1.82, 2.24) is 15.8 Å². The highest BCUT2D eigenvalue weighted by Crippen LogP contribution is 2.25. The predicted molar refractivity (Wildman–Crippen MR) is 102 cm³/mol. The summed E-state index contributed by atoms with van der Waals surface area (Å²) in [5.41, 5.74) is 1.20. The Balaban J connectivity index is 2.11. The molecule has 0 bridgehead atoms. The fourth-order valence-corrected chi connectivity index (χ4v) is 2.85. The van der Waals surface area contributed by atoms with Crippen molar-refractivity contribution >= 4 is 12.0 Å². The zero-order valence-electron chi connectivity index (χ0n) is 16.5. The van der Waals surface area contributed by atoms with E-state index in [0.29, 0.717) is 29.4 Å². The summed E-state index contributed by atoms with van der Waals surface area (Å²) in [5.74, 6) is -0.0828. The van der Waals surface area contributed by atoms with E-state index < -0.39 is 6.09 Å². The van der Waals surface area contributed by atoms with Crippen molar-refractivity contribution in [2.75, 3.05) is 13.2 Å². The second-order valence-corrected chi connectivity index (χ2v) is 6.87. The smallest absolute Gasteiger partial charge is 0.407 e. The van der Waals surface area contributed by atoms with Gasteiger partial charge in [0.25, 0.3) is 5.91 Å². The third kappa shape index (κ3) is 5.80. The lowest BCUT2D eigenvalue weighted by atomic mass is 10.0. The van der Waals surface area contributed by atoms with Crippen molar-refractivity contribution in [2.24, 2.45) is 5.92 Å². The van der Waals surface area contributed by atoms with Crippen LogP contribution in [0, 0.1) is 18.7 Å². The average molecular weight is 391 g/mol. The highest BCUT2D eigenvalue weighted by molar-refractivity contribution is 6.00. The highest BCUT2D eigenvalue weighted by atomic mass is 19.1. The average Bonchev–Trinajstić information content (AvgIpc) is 3.01. The molecule has 28 heavy (non-hydrogen) atoms. The predicted octanol–water partition coefficient (Wildman–Crippen LogP) is 3.68.